The normalized spacial score (nSPS) is 11.6. The third-order valence-electron chi connectivity index (χ3n) is 4.63. The number of hydrogen-bond acceptors (Lipinski definition) is 5. The average Bonchev–Trinajstić information content (AvgIpc) is 3.32. The Hall–Kier alpha value is -3.81. The highest BCUT2D eigenvalue weighted by Crippen LogP contribution is 2.32. The Labute approximate surface area is 165 Å². The zero-order valence-electron chi connectivity index (χ0n) is 15.9. The lowest BCUT2D eigenvalue weighted by Gasteiger charge is -2.11. The first kappa shape index (κ1) is 17.3. The molecule has 0 spiro atoms. The maximum Gasteiger partial charge on any atom is 0.161 e. The summed E-state index contributed by atoms with van der Waals surface area (Å²) in [5.41, 5.74) is 4.20. The highest BCUT2D eigenvalue weighted by Gasteiger charge is 2.20. The van der Waals surface area contributed by atoms with E-state index in [0.717, 1.165) is 16.7 Å². The van der Waals surface area contributed by atoms with Crippen molar-refractivity contribution in [3.05, 3.63) is 54.7 Å². The van der Waals surface area contributed by atoms with Crippen LogP contribution in [-0.4, -0.2) is 36.2 Å². The van der Waals surface area contributed by atoms with Crippen molar-refractivity contribution in [3.63, 3.8) is 0 Å². The molecule has 0 saturated carbocycles. The Balaban J connectivity index is 1.66. The highest BCUT2D eigenvalue weighted by molar-refractivity contribution is 5.95. The fourth-order valence-electron chi connectivity index (χ4n) is 3.39. The smallest absolute Gasteiger partial charge is 0.161 e. The van der Waals surface area contributed by atoms with Gasteiger partial charge >= 0.3 is 0 Å². The molecule has 1 aromatic carbocycles. The number of aromatic nitrogens is 6. The van der Waals surface area contributed by atoms with Crippen molar-refractivity contribution in [2.75, 3.05) is 5.32 Å². The molecule has 0 bridgehead atoms. The Morgan fingerprint density at radius 1 is 1.03 bits per heavy atom. The van der Waals surface area contributed by atoms with E-state index in [2.05, 4.69) is 35.5 Å². The summed E-state index contributed by atoms with van der Waals surface area (Å²) in [6.45, 7) is 4.06. The lowest BCUT2D eigenvalue weighted by molar-refractivity contribution is 0.638. The molecule has 5 aromatic rings. The minimum absolute atomic E-state index is 0.219. The monoisotopic (exact) mass is 387 g/mol. The van der Waals surface area contributed by atoms with E-state index >= 15 is 4.39 Å². The van der Waals surface area contributed by atoms with Crippen LogP contribution in [0.25, 0.3) is 44.7 Å². The van der Waals surface area contributed by atoms with E-state index in [4.69, 9.17) is 0 Å². The molecule has 0 aliphatic rings. The number of anilines is 1. The van der Waals surface area contributed by atoms with Gasteiger partial charge in [0.05, 0.1) is 33.8 Å². The van der Waals surface area contributed by atoms with E-state index in [-0.39, 0.29) is 11.7 Å². The largest absolute Gasteiger partial charge is 0.382 e. The predicted octanol–water partition coefficient (Wildman–Crippen LogP) is 4.52. The first-order chi connectivity index (χ1) is 14.1. The van der Waals surface area contributed by atoms with Gasteiger partial charge in [-0.1, -0.05) is 12.1 Å². The summed E-state index contributed by atoms with van der Waals surface area (Å²) in [4.78, 5) is 16.3. The van der Waals surface area contributed by atoms with E-state index in [1.165, 1.54) is 0 Å². The summed E-state index contributed by atoms with van der Waals surface area (Å²) in [6, 6.07) is 9.71. The van der Waals surface area contributed by atoms with Crippen molar-refractivity contribution >= 4 is 27.6 Å². The maximum atomic E-state index is 15.6. The number of pyridine rings is 2. The summed E-state index contributed by atoms with van der Waals surface area (Å²) in [5.74, 6) is 0.0389. The van der Waals surface area contributed by atoms with Crippen LogP contribution >= 0.6 is 0 Å². The van der Waals surface area contributed by atoms with Crippen LogP contribution in [0, 0.1) is 5.82 Å². The number of imidazole rings is 1. The van der Waals surface area contributed by atoms with Gasteiger partial charge in [-0.05, 0) is 32.0 Å². The SMILES string of the molecule is CC(C)Nc1cncc(-c2ncc3[nH]nc(-c4nc5ccccc5[nH]4)c3c2F)c1. The molecule has 8 heteroatoms. The number of nitrogens with zero attached hydrogens (tertiary/aromatic N) is 4. The zero-order valence-corrected chi connectivity index (χ0v) is 15.9. The molecule has 5 rings (SSSR count). The van der Waals surface area contributed by atoms with Crippen LogP contribution < -0.4 is 5.32 Å². The van der Waals surface area contributed by atoms with Crippen molar-refractivity contribution in [2.24, 2.45) is 0 Å². The molecule has 4 heterocycles. The van der Waals surface area contributed by atoms with Crippen molar-refractivity contribution in [3.8, 4) is 22.8 Å². The molecule has 0 radical (unpaired) electrons. The molecular formula is C21H18FN7. The molecule has 144 valence electrons. The molecule has 0 aliphatic carbocycles. The van der Waals surface area contributed by atoms with Crippen LogP contribution in [0.15, 0.2) is 48.9 Å². The Morgan fingerprint density at radius 3 is 2.72 bits per heavy atom. The number of halogens is 1. The lowest BCUT2D eigenvalue weighted by atomic mass is 10.1. The van der Waals surface area contributed by atoms with Gasteiger partial charge in [0.2, 0.25) is 0 Å². The van der Waals surface area contributed by atoms with E-state index < -0.39 is 5.82 Å². The van der Waals surface area contributed by atoms with E-state index in [0.29, 0.717) is 28.0 Å². The summed E-state index contributed by atoms with van der Waals surface area (Å²) in [7, 11) is 0. The number of aromatic amines is 2. The third-order valence-corrected chi connectivity index (χ3v) is 4.63. The Kier molecular flexibility index (Phi) is 3.97. The van der Waals surface area contributed by atoms with Crippen LogP contribution in [-0.2, 0) is 0 Å². The van der Waals surface area contributed by atoms with Crippen LogP contribution in [0.5, 0.6) is 0 Å². The van der Waals surface area contributed by atoms with E-state index in [9.17, 15) is 0 Å². The molecule has 4 aromatic heterocycles. The fourth-order valence-corrected chi connectivity index (χ4v) is 3.39. The van der Waals surface area contributed by atoms with Gasteiger partial charge in [-0.3, -0.25) is 15.1 Å². The zero-order chi connectivity index (χ0) is 20.0. The summed E-state index contributed by atoms with van der Waals surface area (Å²) < 4.78 is 15.6. The second-order valence-electron chi connectivity index (χ2n) is 7.15. The number of H-pyrrole nitrogens is 2. The van der Waals surface area contributed by atoms with Crippen molar-refractivity contribution in [2.45, 2.75) is 19.9 Å². The van der Waals surface area contributed by atoms with Gasteiger partial charge in [-0.15, -0.1) is 0 Å². The number of para-hydroxylation sites is 2. The first-order valence-electron chi connectivity index (χ1n) is 9.30. The number of hydrogen-bond donors (Lipinski definition) is 3. The number of fused-ring (bicyclic) bond motifs is 2. The summed E-state index contributed by atoms with van der Waals surface area (Å²) in [5, 5.41) is 10.8. The predicted molar refractivity (Wildman–Crippen MR) is 111 cm³/mol. The van der Waals surface area contributed by atoms with Crippen molar-refractivity contribution in [1.82, 2.24) is 30.1 Å². The van der Waals surface area contributed by atoms with Crippen LogP contribution in [0.3, 0.4) is 0 Å². The summed E-state index contributed by atoms with van der Waals surface area (Å²) in [6.07, 6.45) is 4.89. The first-order valence-corrected chi connectivity index (χ1v) is 9.30. The van der Waals surface area contributed by atoms with E-state index in [1.807, 2.05) is 44.2 Å². The highest BCUT2D eigenvalue weighted by atomic mass is 19.1. The van der Waals surface area contributed by atoms with Gasteiger partial charge in [-0.25, -0.2) is 9.37 Å². The fraction of sp³-hybridized carbons (Fsp3) is 0.143. The lowest BCUT2D eigenvalue weighted by Crippen LogP contribution is -2.09. The molecule has 3 N–H and O–H groups in total. The third kappa shape index (κ3) is 2.98. The van der Waals surface area contributed by atoms with Gasteiger partial charge in [0.25, 0.3) is 0 Å². The quantitative estimate of drug-likeness (QED) is 0.421. The molecule has 0 fully saturated rings. The second kappa shape index (κ2) is 6.66. The topological polar surface area (TPSA) is 95.2 Å². The second-order valence-corrected chi connectivity index (χ2v) is 7.15. The van der Waals surface area contributed by atoms with Crippen molar-refractivity contribution in [1.29, 1.82) is 0 Å². The van der Waals surface area contributed by atoms with Crippen LogP contribution in [0.4, 0.5) is 10.1 Å². The van der Waals surface area contributed by atoms with Gasteiger partial charge < -0.3 is 10.3 Å². The van der Waals surface area contributed by atoms with E-state index in [1.54, 1.807) is 18.6 Å². The van der Waals surface area contributed by atoms with Gasteiger partial charge in [0, 0.05) is 24.0 Å². The van der Waals surface area contributed by atoms with Crippen LogP contribution in [0.2, 0.25) is 0 Å². The number of rotatable bonds is 4. The van der Waals surface area contributed by atoms with Crippen LogP contribution in [0.1, 0.15) is 13.8 Å². The molecular weight excluding hydrogens is 369 g/mol. The van der Waals surface area contributed by atoms with Crippen molar-refractivity contribution < 1.29 is 4.39 Å². The number of benzene rings is 1. The molecule has 0 unspecified atom stereocenters. The number of nitrogens with one attached hydrogen (secondary N) is 3. The molecule has 7 nitrogen and oxygen atoms in total. The molecule has 0 saturated heterocycles. The van der Waals surface area contributed by atoms with Gasteiger partial charge in [-0.2, -0.15) is 5.10 Å². The average molecular weight is 387 g/mol. The molecule has 29 heavy (non-hydrogen) atoms. The molecule has 0 amide bonds. The maximum absolute atomic E-state index is 15.6. The summed E-state index contributed by atoms with van der Waals surface area (Å²) >= 11 is 0. The Morgan fingerprint density at radius 2 is 1.90 bits per heavy atom. The standard InChI is InChI=1S/C21H18FN7/c1-11(2)25-13-7-12(8-23-9-13)19-18(22)17-16(10-24-19)28-29-20(17)21-26-14-5-3-4-6-15(14)27-21/h3-11,25H,1-2H3,(H,26,27)(H,28,29). The molecule has 0 aliphatic heterocycles. The minimum Gasteiger partial charge on any atom is -0.382 e. The molecule has 0 atom stereocenters. The Bertz CT molecular complexity index is 1300. The minimum atomic E-state index is -0.463. The van der Waals surface area contributed by atoms with Gasteiger partial charge in [0.15, 0.2) is 11.6 Å². The van der Waals surface area contributed by atoms with Gasteiger partial charge in [0.1, 0.15) is 11.4 Å².